The van der Waals surface area contributed by atoms with Crippen LogP contribution in [0.2, 0.25) is 0 Å². The van der Waals surface area contributed by atoms with Gasteiger partial charge < -0.3 is 20.3 Å². The molecule has 1 unspecified atom stereocenters. The molecule has 1 aromatic rings. The topological polar surface area (TPSA) is 98.9 Å². The maximum atomic E-state index is 11.9. The van der Waals surface area contributed by atoms with Gasteiger partial charge in [0.25, 0.3) is 0 Å². The molecule has 0 fully saturated rings. The molecule has 3 N–H and O–H groups in total. The molecule has 0 spiro atoms. The highest BCUT2D eigenvalue weighted by Crippen LogP contribution is 2.28. The Kier molecular flexibility index (Phi) is 4.28. The largest absolute Gasteiger partial charge is 0.496 e. The Morgan fingerprint density at radius 1 is 1.22 bits per heavy atom. The Morgan fingerprint density at radius 2 is 1.78 bits per heavy atom. The van der Waals surface area contributed by atoms with Crippen LogP contribution < -0.4 is 15.2 Å². The van der Waals surface area contributed by atoms with Crippen LogP contribution in [0, 0.1) is 6.92 Å². The number of benzene rings is 1. The van der Waals surface area contributed by atoms with Gasteiger partial charge in [0.1, 0.15) is 11.5 Å². The van der Waals surface area contributed by atoms with Gasteiger partial charge in [-0.05, 0) is 24.6 Å². The number of Topliss-reactive ketones (excluding diaryl/α,β-unsaturated/α-hetero) is 1. The molecule has 0 bridgehead atoms. The lowest BCUT2D eigenvalue weighted by Gasteiger charge is -2.13. The Bertz CT molecular complexity index is 484. The van der Waals surface area contributed by atoms with Gasteiger partial charge in [-0.2, -0.15) is 0 Å². The molecule has 0 aliphatic carbocycles. The molecule has 0 aliphatic rings. The van der Waals surface area contributed by atoms with Gasteiger partial charge in [0.05, 0.1) is 19.8 Å². The smallest absolute Gasteiger partial charge is 0.328 e. The van der Waals surface area contributed by atoms with Gasteiger partial charge in [0.15, 0.2) is 11.8 Å². The SMILES string of the molecule is COc1cc(C(=O)C(N)C(=O)O)c(OC)cc1C. The lowest BCUT2D eigenvalue weighted by molar-refractivity contribution is -0.137. The van der Waals surface area contributed by atoms with E-state index in [1.165, 1.54) is 20.3 Å². The van der Waals surface area contributed by atoms with Gasteiger partial charge in [-0.1, -0.05) is 0 Å². The zero-order valence-electron chi connectivity index (χ0n) is 10.4. The standard InChI is InChI=1S/C12H15NO5/c1-6-4-9(18-3)7(5-8(6)17-2)11(14)10(13)12(15)16/h4-5,10H,13H2,1-3H3,(H,15,16). The number of nitrogens with two attached hydrogens (primary N) is 1. The van der Waals surface area contributed by atoms with Crippen molar-refractivity contribution in [2.24, 2.45) is 5.73 Å². The van der Waals surface area contributed by atoms with Crippen LogP contribution in [0.3, 0.4) is 0 Å². The lowest BCUT2D eigenvalue weighted by atomic mass is 10.0. The number of hydrogen-bond donors (Lipinski definition) is 2. The van der Waals surface area contributed by atoms with Crippen LogP contribution in [0.5, 0.6) is 11.5 Å². The summed E-state index contributed by atoms with van der Waals surface area (Å²) in [7, 11) is 2.85. The number of aliphatic carboxylic acids is 1. The molecule has 18 heavy (non-hydrogen) atoms. The third kappa shape index (κ3) is 2.60. The van der Waals surface area contributed by atoms with Gasteiger partial charge in [0.2, 0.25) is 0 Å². The Morgan fingerprint density at radius 3 is 2.22 bits per heavy atom. The molecule has 1 atom stereocenters. The van der Waals surface area contributed by atoms with Crippen LogP contribution in [0.1, 0.15) is 15.9 Å². The number of carbonyl (C=O) groups excluding carboxylic acids is 1. The molecule has 1 rings (SSSR count). The van der Waals surface area contributed by atoms with Crippen molar-refractivity contribution in [1.29, 1.82) is 0 Å². The predicted molar refractivity (Wildman–Crippen MR) is 64.2 cm³/mol. The molecule has 0 heterocycles. The average molecular weight is 253 g/mol. The number of carboxylic acids is 1. The highest BCUT2D eigenvalue weighted by atomic mass is 16.5. The molecule has 1 aromatic carbocycles. The monoisotopic (exact) mass is 253 g/mol. The second-order valence-corrected chi connectivity index (χ2v) is 3.70. The summed E-state index contributed by atoms with van der Waals surface area (Å²) in [5.41, 5.74) is 6.17. The molecule has 0 saturated carbocycles. The van der Waals surface area contributed by atoms with Crippen molar-refractivity contribution in [2.45, 2.75) is 13.0 Å². The minimum absolute atomic E-state index is 0.0925. The highest BCUT2D eigenvalue weighted by molar-refractivity contribution is 6.13. The number of aryl methyl sites for hydroxylation is 1. The number of ketones is 1. The molecular formula is C12H15NO5. The first-order valence-electron chi connectivity index (χ1n) is 5.17. The number of ether oxygens (including phenoxy) is 2. The summed E-state index contributed by atoms with van der Waals surface area (Å²) < 4.78 is 10.1. The zero-order valence-corrected chi connectivity index (χ0v) is 10.4. The third-order valence-electron chi connectivity index (χ3n) is 2.53. The van der Waals surface area contributed by atoms with Gasteiger partial charge in [-0.3, -0.25) is 9.59 Å². The minimum atomic E-state index is -1.62. The first-order valence-corrected chi connectivity index (χ1v) is 5.17. The molecule has 98 valence electrons. The first kappa shape index (κ1) is 14.0. The molecule has 0 amide bonds. The van der Waals surface area contributed by atoms with Crippen LogP contribution >= 0.6 is 0 Å². The van der Waals surface area contributed by atoms with E-state index >= 15 is 0 Å². The van der Waals surface area contributed by atoms with Crippen LogP contribution in [0.25, 0.3) is 0 Å². The number of methoxy groups -OCH3 is 2. The number of hydrogen-bond acceptors (Lipinski definition) is 5. The van der Waals surface area contributed by atoms with Gasteiger partial charge in [-0.25, -0.2) is 0 Å². The maximum absolute atomic E-state index is 11.9. The van der Waals surface area contributed by atoms with E-state index < -0.39 is 17.8 Å². The lowest BCUT2D eigenvalue weighted by Crippen LogP contribution is -2.38. The molecule has 0 saturated heterocycles. The summed E-state index contributed by atoms with van der Waals surface area (Å²) in [6.07, 6.45) is 0. The van der Waals surface area contributed by atoms with E-state index in [1.807, 2.05) is 0 Å². The summed E-state index contributed by atoms with van der Waals surface area (Å²) in [6.45, 7) is 1.78. The van der Waals surface area contributed by atoms with Crippen molar-refractivity contribution in [3.8, 4) is 11.5 Å². The average Bonchev–Trinajstić information content (AvgIpc) is 2.36. The first-order chi connectivity index (χ1) is 8.42. The van der Waals surface area contributed by atoms with E-state index in [2.05, 4.69) is 0 Å². The molecule has 0 aliphatic heterocycles. The summed E-state index contributed by atoms with van der Waals surface area (Å²) in [6, 6.07) is 1.41. The van der Waals surface area contributed by atoms with Crippen molar-refractivity contribution in [1.82, 2.24) is 0 Å². The van der Waals surface area contributed by atoms with Crippen molar-refractivity contribution in [3.05, 3.63) is 23.3 Å². The summed E-state index contributed by atoms with van der Waals surface area (Å²) in [5, 5.41) is 8.74. The maximum Gasteiger partial charge on any atom is 0.328 e. The van der Waals surface area contributed by atoms with Crippen LogP contribution in [0.4, 0.5) is 0 Å². The normalized spacial score (nSPS) is 11.8. The second-order valence-electron chi connectivity index (χ2n) is 3.70. The van der Waals surface area contributed by atoms with E-state index in [1.54, 1.807) is 13.0 Å². The molecule has 0 aromatic heterocycles. The minimum Gasteiger partial charge on any atom is -0.496 e. The van der Waals surface area contributed by atoms with E-state index in [-0.39, 0.29) is 11.3 Å². The quantitative estimate of drug-likeness (QED) is 0.589. The van der Waals surface area contributed by atoms with E-state index in [4.69, 9.17) is 20.3 Å². The van der Waals surface area contributed by atoms with Crippen molar-refractivity contribution in [2.75, 3.05) is 14.2 Å². The summed E-state index contributed by atoms with van der Waals surface area (Å²) >= 11 is 0. The predicted octanol–water partition coefficient (Wildman–Crippen LogP) is 0.607. The number of carboxylic acid groups (broad SMARTS) is 1. The molecular weight excluding hydrogens is 238 g/mol. The number of rotatable bonds is 5. The van der Waals surface area contributed by atoms with E-state index in [0.29, 0.717) is 5.75 Å². The fourth-order valence-corrected chi connectivity index (χ4v) is 1.52. The van der Waals surface area contributed by atoms with E-state index in [0.717, 1.165) is 5.56 Å². The fourth-order valence-electron chi connectivity index (χ4n) is 1.52. The Balaban J connectivity index is 3.29. The fraction of sp³-hybridized carbons (Fsp3) is 0.333. The van der Waals surface area contributed by atoms with Crippen molar-refractivity contribution in [3.63, 3.8) is 0 Å². The van der Waals surface area contributed by atoms with Gasteiger partial charge >= 0.3 is 5.97 Å². The highest BCUT2D eigenvalue weighted by Gasteiger charge is 2.26. The van der Waals surface area contributed by atoms with Crippen molar-refractivity contribution >= 4 is 11.8 Å². The van der Waals surface area contributed by atoms with Crippen LogP contribution in [-0.2, 0) is 4.79 Å². The summed E-state index contributed by atoms with van der Waals surface area (Å²) in [4.78, 5) is 22.6. The van der Waals surface area contributed by atoms with Crippen LogP contribution in [-0.4, -0.2) is 37.1 Å². The van der Waals surface area contributed by atoms with E-state index in [9.17, 15) is 9.59 Å². The second kappa shape index (κ2) is 5.50. The third-order valence-corrected chi connectivity index (χ3v) is 2.53. The van der Waals surface area contributed by atoms with Gasteiger partial charge in [0, 0.05) is 0 Å². The number of carbonyl (C=O) groups is 2. The van der Waals surface area contributed by atoms with Gasteiger partial charge in [-0.15, -0.1) is 0 Å². The molecule has 6 heteroatoms. The van der Waals surface area contributed by atoms with Crippen molar-refractivity contribution < 1.29 is 24.2 Å². The molecule has 6 nitrogen and oxygen atoms in total. The Hall–Kier alpha value is -2.08. The summed E-state index contributed by atoms with van der Waals surface area (Å²) in [5.74, 6) is -1.37. The zero-order chi connectivity index (χ0) is 13.9. The molecule has 0 radical (unpaired) electrons. The Labute approximate surface area is 104 Å². The van der Waals surface area contributed by atoms with Crippen LogP contribution in [0.15, 0.2) is 12.1 Å².